The molecule has 1 aromatic heterocycles. The van der Waals surface area contributed by atoms with Crippen molar-refractivity contribution in [3.8, 4) is 10.6 Å². The quantitative estimate of drug-likeness (QED) is 0.472. The molecule has 4 nitrogen and oxygen atoms in total. The number of aryl methyl sites for hydroxylation is 3. The van der Waals surface area contributed by atoms with Crippen LogP contribution in [-0.2, 0) is 10.0 Å². The molecule has 0 radical (unpaired) electrons. The Hall–Kier alpha value is -2.70. The molecule has 0 unspecified atom stereocenters. The minimum absolute atomic E-state index is 0.295. The molecular weight excluding hydrogens is 388 g/mol. The lowest BCUT2D eigenvalue weighted by Gasteiger charge is -2.11. The second-order valence-electron chi connectivity index (χ2n) is 6.94. The predicted molar refractivity (Wildman–Crippen MR) is 117 cm³/mol. The van der Waals surface area contributed by atoms with Gasteiger partial charge in [-0.05, 0) is 74.4 Å². The fourth-order valence-electron chi connectivity index (χ4n) is 3.15. The molecule has 0 saturated carbocycles. The second-order valence-corrected chi connectivity index (χ2v) is 9.62. The first-order valence-corrected chi connectivity index (χ1v) is 11.2. The number of hydrogen-bond donors (Lipinski definition) is 1. The Morgan fingerprint density at radius 2 is 1.54 bits per heavy atom. The van der Waals surface area contributed by atoms with Crippen molar-refractivity contribution in [3.63, 3.8) is 0 Å². The van der Waals surface area contributed by atoms with Crippen LogP contribution >= 0.6 is 11.3 Å². The lowest BCUT2D eigenvalue weighted by molar-refractivity contribution is 0.600. The fourth-order valence-corrected chi connectivity index (χ4v) is 5.50. The van der Waals surface area contributed by atoms with Gasteiger partial charge in [0, 0.05) is 11.3 Å². The van der Waals surface area contributed by atoms with Crippen LogP contribution in [0.5, 0.6) is 0 Å². The van der Waals surface area contributed by atoms with E-state index in [9.17, 15) is 8.42 Å². The number of aromatic nitrogens is 1. The molecule has 0 atom stereocenters. The second kappa shape index (κ2) is 7.04. The maximum Gasteiger partial charge on any atom is 0.262 e. The van der Waals surface area contributed by atoms with Crippen LogP contribution in [0.3, 0.4) is 0 Å². The van der Waals surface area contributed by atoms with E-state index in [0.717, 1.165) is 31.9 Å². The fraction of sp³-hybridized carbons (Fsp3) is 0.136. The number of nitrogens with one attached hydrogen (secondary N) is 1. The Kier molecular flexibility index (Phi) is 4.69. The third kappa shape index (κ3) is 3.66. The standard InChI is InChI=1S/C22H20N2O2S2/c1-14-5-11-21(16(3)12-14)28(25,26)24-18-8-6-17(7-9-18)22-23-19-10-4-15(2)13-20(19)27-22/h4-13,24H,1-3H3. The number of rotatable bonds is 4. The monoisotopic (exact) mass is 408 g/mol. The molecule has 0 bridgehead atoms. The summed E-state index contributed by atoms with van der Waals surface area (Å²) in [5, 5.41) is 0.921. The molecule has 0 spiro atoms. The van der Waals surface area contributed by atoms with Gasteiger partial charge >= 0.3 is 0 Å². The molecule has 28 heavy (non-hydrogen) atoms. The molecule has 0 saturated heterocycles. The summed E-state index contributed by atoms with van der Waals surface area (Å²) < 4.78 is 29.2. The summed E-state index contributed by atoms with van der Waals surface area (Å²) in [7, 11) is -3.63. The highest BCUT2D eigenvalue weighted by molar-refractivity contribution is 7.92. The molecule has 1 N–H and O–H groups in total. The van der Waals surface area contributed by atoms with Gasteiger partial charge in [0.2, 0.25) is 0 Å². The molecule has 0 fully saturated rings. The van der Waals surface area contributed by atoms with Crippen molar-refractivity contribution < 1.29 is 8.42 Å². The minimum Gasteiger partial charge on any atom is -0.280 e. The summed E-state index contributed by atoms with van der Waals surface area (Å²) >= 11 is 1.63. The predicted octanol–water partition coefficient (Wildman–Crippen LogP) is 5.69. The zero-order chi connectivity index (χ0) is 19.9. The van der Waals surface area contributed by atoms with Crippen molar-refractivity contribution in [2.24, 2.45) is 0 Å². The van der Waals surface area contributed by atoms with Crippen LogP contribution < -0.4 is 4.72 Å². The van der Waals surface area contributed by atoms with E-state index in [2.05, 4.69) is 28.8 Å². The Morgan fingerprint density at radius 1 is 0.857 bits per heavy atom. The zero-order valence-electron chi connectivity index (χ0n) is 15.9. The van der Waals surface area contributed by atoms with Gasteiger partial charge in [0.25, 0.3) is 10.0 Å². The molecule has 0 aliphatic carbocycles. The van der Waals surface area contributed by atoms with Gasteiger partial charge in [0.15, 0.2) is 0 Å². The molecule has 0 amide bonds. The van der Waals surface area contributed by atoms with E-state index >= 15 is 0 Å². The molecule has 142 valence electrons. The van der Waals surface area contributed by atoms with Gasteiger partial charge in [-0.2, -0.15) is 0 Å². The van der Waals surface area contributed by atoms with Crippen molar-refractivity contribution >= 4 is 37.3 Å². The third-order valence-corrected chi connectivity index (χ3v) is 7.16. The van der Waals surface area contributed by atoms with Gasteiger partial charge in [-0.25, -0.2) is 13.4 Å². The first-order chi connectivity index (χ1) is 13.3. The van der Waals surface area contributed by atoms with Crippen LogP contribution in [0, 0.1) is 20.8 Å². The number of thiazole rings is 1. The highest BCUT2D eigenvalue weighted by atomic mass is 32.2. The normalized spacial score (nSPS) is 11.7. The summed E-state index contributed by atoms with van der Waals surface area (Å²) in [6.07, 6.45) is 0. The number of fused-ring (bicyclic) bond motifs is 1. The Bertz CT molecular complexity index is 1270. The van der Waals surface area contributed by atoms with E-state index in [-0.39, 0.29) is 0 Å². The first kappa shape index (κ1) is 18.7. The Labute approximate surface area is 168 Å². The molecule has 1 heterocycles. The van der Waals surface area contributed by atoms with Gasteiger partial charge in [-0.3, -0.25) is 4.72 Å². The first-order valence-electron chi connectivity index (χ1n) is 8.89. The molecule has 4 rings (SSSR count). The van der Waals surface area contributed by atoms with Crippen LogP contribution in [0.25, 0.3) is 20.8 Å². The van der Waals surface area contributed by atoms with Crippen molar-refractivity contribution in [1.29, 1.82) is 0 Å². The van der Waals surface area contributed by atoms with E-state index < -0.39 is 10.0 Å². The van der Waals surface area contributed by atoms with E-state index in [1.54, 1.807) is 42.5 Å². The average molecular weight is 409 g/mol. The van der Waals surface area contributed by atoms with E-state index in [0.29, 0.717) is 10.6 Å². The van der Waals surface area contributed by atoms with Gasteiger partial charge < -0.3 is 0 Å². The number of anilines is 1. The van der Waals surface area contributed by atoms with E-state index in [1.807, 2.05) is 31.2 Å². The lowest BCUT2D eigenvalue weighted by atomic mass is 10.2. The van der Waals surface area contributed by atoms with Gasteiger partial charge in [-0.1, -0.05) is 23.8 Å². The minimum atomic E-state index is -3.63. The average Bonchev–Trinajstić information content (AvgIpc) is 3.04. The summed E-state index contributed by atoms with van der Waals surface area (Å²) in [6, 6.07) is 18.9. The number of hydrogen-bond acceptors (Lipinski definition) is 4. The Morgan fingerprint density at radius 3 is 2.25 bits per heavy atom. The maximum atomic E-state index is 12.7. The van der Waals surface area contributed by atoms with Crippen molar-refractivity contribution in [2.45, 2.75) is 25.7 Å². The third-order valence-electron chi connectivity index (χ3n) is 4.55. The van der Waals surface area contributed by atoms with Crippen LogP contribution in [-0.4, -0.2) is 13.4 Å². The van der Waals surface area contributed by atoms with Crippen molar-refractivity contribution in [2.75, 3.05) is 4.72 Å². The molecule has 0 aliphatic heterocycles. The van der Waals surface area contributed by atoms with Gasteiger partial charge in [0.05, 0.1) is 15.1 Å². The maximum absolute atomic E-state index is 12.7. The molecule has 4 aromatic rings. The Balaban J connectivity index is 1.60. The smallest absolute Gasteiger partial charge is 0.262 e. The molecular formula is C22H20N2O2S2. The zero-order valence-corrected chi connectivity index (χ0v) is 17.5. The topological polar surface area (TPSA) is 59.1 Å². The number of nitrogens with zero attached hydrogens (tertiary/aromatic N) is 1. The number of benzene rings is 3. The largest absolute Gasteiger partial charge is 0.280 e. The SMILES string of the molecule is Cc1ccc(S(=O)(=O)Nc2ccc(-c3nc4ccc(C)cc4s3)cc2)c(C)c1. The summed E-state index contributed by atoms with van der Waals surface area (Å²) in [6.45, 7) is 5.81. The van der Waals surface area contributed by atoms with E-state index in [1.165, 1.54) is 5.56 Å². The van der Waals surface area contributed by atoms with E-state index in [4.69, 9.17) is 0 Å². The van der Waals surface area contributed by atoms with Crippen LogP contribution in [0.1, 0.15) is 16.7 Å². The number of sulfonamides is 1. The summed E-state index contributed by atoms with van der Waals surface area (Å²) in [4.78, 5) is 4.97. The van der Waals surface area contributed by atoms with Crippen LogP contribution in [0.2, 0.25) is 0 Å². The van der Waals surface area contributed by atoms with Crippen molar-refractivity contribution in [3.05, 3.63) is 77.4 Å². The van der Waals surface area contributed by atoms with Crippen molar-refractivity contribution in [1.82, 2.24) is 4.98 Å². The van der Waals surface area contributed by atoms with Gasteiger partial charge in [-0.15, -0.1) is 11.3 Å². The molecule has 6 heteroatoms. The van der Waals surface area contributed by atoms with Crippen LogP contribution in [0.4, 0.5) is 5.69 Å². The lowest BCUT2D eigenvalue weighted by Crippen LogP contribution is -2.14. The molecule has 0 aliphatic rings. The van der Waals surface area contributed by atoms with Crippen LogP contribution in [0.15, 0.2) is 65.6 Å². The summed E-state index contributed by atoms with van der Waals surface area (Å²) in [5.41, 5.74) is 5.44. The molecule has 3 aromatic carbocycles. The highest BCUT2D eigenvalue weighted by Crippen LogP contribution is 2.31. The van der Waals surface area contributed by atoms with Gasteiger partial charge in [0.1, 0.15) is 5.01 Å². The summed E-state index contributed by atoms with van der Waals surface area (Å²) in [5.74, 6) is 0. The highest BCUT2D eigenvalue weighted by Gasteiger charge is 2.17.